The van der Waals surface area contributed by atoms with Gasteiger partial charge in [0.25, 0.3) is 0 Å². The summed E-state index contributed by atoms with van der Waals surface area (Å²) in [5, 5.41) is 5.98. The zero-order valence-corrected chi connectivity index (χ0v) is 14.5. The van der Waals surface area contributed by atoms with Crippen LogP contribution in [-0.2, 0) is 9.59 Å². The fourth-order valence-corrected chi connectivity index (χ4v) is 4.20. The van der Waals surface area contributed by atoms with Gasteiger partial charge in [-0.25, -0.2) is 0 Å². The maximum absolute atomic E-state index is 13.0. The Bertz CT molecular complexity index is 747. The number of carbonyl (C=O) groups excluding carboxylic acids is 2. The SMILES string of the molecule is O=C(Nc1ccccc1)[C@@H]1[C@@H](C(=O)Nc2ccccc2)[C@H]2C=C[C@@H]1CC2. The molecule has 5 rings (SSSR count). The summed E-state index contributed by atoms with van der Waals surface area (Å²) < 4.78 is 0. The number of carbonyl (C=O) groups is 2. The molecule has 26 heavy (non-hydrogen) atoms. The Hall–Kier alpha value is -2.88. The van der Waals surface area contributed by atoms with Crippen molar-refractivity contribution in [2.24, 2.45) is 23.7 Å². The van der Waals surface area contributed by atoms with Gasteiger partial charge in [0.15, 0.2) is 0 Å². The minimum atomic E-state index is -0.331. The van der Waals surface area contributed by atoms with Gasteiger partial charge < -0.3 is 10.6 Å². The Balaban J connectivity index is 1.56. The number of para-hydroxylation sites is 2. The lowest BCUT2D eigenvalue weighted by atomic mass is 9.61. The Morgan fingerprint density at radius 1 is 0.654 bits per heavy atom. The quantitative estimate of drug-likeness (QED) is 0.819. The molecule has 1 fully saturated rings. The fourth-order valence-electron chi connectivity index (χ4n) is 4.20. The van der Waals surface area contributed by atoms with Gasteiger partial charge in [-0.1, -0.05) is 48.6 Å². The van der Waals surface area contributed by atoms with Crippen molar-refractivity contribution in [1.29, 1.82) is 0 Å². The minimum absolute atomic E-state index is 0.0662. The Kier molecular flexibility index (Phi) is 4.57. The molecule has 0 heterocycles. The van der Waals surface area contributed by atoms with Gasteiger partial charge in [-0.2, -0.15) is 0 Å². The van der Waals surface area contributed by atoms with E-state index in [4.69, 9.17) is 0 Å². The van der Waals surface area contributed by atoms with Crippen LogP contribution in [0.4, 0.5) is 11.4 Å². The number of rotatable bonds is 4. The van der Waals surface area contributed by atoms with E-state index in [9.17, 15) is 9.59 Å². The number of benzene rings is 2. The van der Waals surface area contributed by atoms with Crippen LogP contribution in [0.15, 0.2) is 72.8 Å². The average molecular weight is 346 g/mol. The number of nitrogens with one attached hydrogen (secondary N) is 2. The summed E-state index contributed by atoms with van der Waals surface area (Å²) in [6.45, 7) is 0. The molecular weight excluding hydrogens is 324 g/mol. The average Bonchev–Trinajstić information content (AvgIpc) is 2.69. The summed E-state index contributed by atoms with van der Waals surface area (Å²) in [7, 11) is 0. The van der Waals surface area contributed by atoms with Crippen LogP contribution < -0.4 is 10.6 Å². The van der Waals surface area contributed by atoms with E-state index in [1.165, 1.54) is 0 Å². The molecular formula is C22H22N2O2. The molecule has 4 atom stereocenters. The van der Waals surface area contributed by atoms with Crippen LogP contribution in [-0.4, -0.2) is 11.8 Å². The van der Waals surface area contributed by atoms with E-state index in [0.717, 1.165) is 24.2 Å². The van der Waals surface area contributed by atoms with Gasteiger partial charge in [-0.05, 0) is 48.9 Å². The van der Waals surface area contributed by atoms with Crippen LogP contribution >= 0.6 is 0 Å². The van der Waals surface area contributed by atoms with Crippen LogP contribution in [0.3, 0.4) is 0 Å². The monoisotopic (exact) mass is 346 g/mol. The van der Waals surface area contributed by atoms with Gasteiger partial charge in [0.1, 0.15) is 0 Å². The molecule has 1 saturated carbocycles. The molecule has 0 saturated heterocycles. The minimum Gasteiger partial charge on any atom is -0.326 e. The predicted molar refractivity (Wildman–Crippen MR) is 102 cm³/mol. The second-order valence-electron chi connectivity index (χ2n) is 7.05. The van der Waals surface area contributed by atoms with Crippen molar-refractivity contribution in [1.82, 2.24) is 0 Å². The molecule has 2 aromatic carbocycles. The van der Waals surface area contributed by atoms with E-state index in [1.807, 2.05) is 60.7 Å². The van der Waals surface area contributed by atoms with Crippen LogP contribution in [0.2, 0.25) is 0 Å². The number of hydrogen-bond acceptors (Lipinski definition) is 2. The molecule has 0 aromatic heterocycles. The van der Waals surface area contributed by atoms with Crippen molar-refractivity contribution >= 4 is 23.2 Å². The Labute approximate surface area is 153 Å². The predicted octanol–water partition coefficient (Wildman–Crippen LogP) is 4.09. The highest BCUT2D eigenvalue weighted by Crippen LogP contribution is 2.45. The molecule has 2 bridgehead atoms. The van der Waals surface area contributed by atoms with Crippen molar-refractivity contribution in [3.8, 4) is 0 Å². The molecule has 3 aliphatic rings. The highest BCUT2D eigenvalue weighted by Gasteiger charge is 2.48. The third-order valence-electron chi connectivity index (χ3n) is 5.44. The van der Waals surface area contributed by atoms with Crippen molar-refractivity contribution in [3.63, 3.8) is 0 Å². The zero-order valence-electron chi connectivity index (χ0n) is 14.5. The second kappa shape index (κ2) is 7.16. The summed E-state index contributed by atoms with van der Waals surface area (Å²) >= 11 is 0. The molecule has 0 radical (unpaired) electrons. The van der Waals surface area contributed by atoms with E-state index in [2.05, 4.69) is 22.8 Å². The summed E-state index contributed by atoms with van der Waals surface area (Å²) in [5.41, 5.74) is 1.54. The van der Waals surface area contributed by atoms with E-state index >= 15 is 0 Å². The van der Waals surface area contributed by atoms with E-state index in [0.29, 0.717) is 0 Å². The maximum Gasteiger partial charge on any atom is 0.228 e. The van der Waals surface area contributed by atoms with Gasteiger partial charge in [0.05, 0.1) is 11.8 Å². The van der Waals surface area contributed by atoms with Gasteiger partial charge in [-0.3, -0.25) is 9.59 Å². The van der Waals surface area contributed by atoms with Crippen molar-refractivity contribution in [2.45, 2.75) is 12.8 Å². The fraction of sp³-hybridized carbons (Fsp3) is 0.273. The maximum atomic E-state index is 13.0. The van der Waals surface area contributed by atoms with Crippen LogP contribution in [0.5, 0.6) is 0 Å². The molecule has 4 heteroatoms. The first-order valence-electron chi connectivity index (χ1n) is 9.12. The molecule has 2 amide bonds. The Morgan fingerprint density at radius 3 is 1.38 bits per heavy atom. The third-order valence-corrected chi connectivity index (χ3v) is 5.44. The van der Waals surface area contributed by atoms with Crippen molar-refractivity contribution in [3.05, 3.63) is 72.8 Å². The molecule has 0 spiro atoms. The Morgan fingerprint density at radius 2 is 1.04 bits per heavy atom. The van der Waals surface area contributed by atoms with Crippen LogP contribution in [0.25, 0.3) is 0 Å². The van der Waals surface area contributed by atoms with E-state index in [1.54, 1.807) is 0 Å². The number of anilines is 2. The number of hydrogen-bond donors (Lipinski definition) is 2. The zero-order chi connectivity index (χ0) is 17.9. The standard InChI is InChI=1S/C22H22N2O2/c25-21(23-17-7-3-1-4-8-17)19-15-11-13-16(14-12-15)20(19)22(26)24-18-9-5-2-6-10-18/h1-11,13,15-16,19-20H,12,14H2,(H,23,25)(H,24,26)/t15-,16+,19-,20-/m0/s1. The molecule has 2 N–H and O–H groups in total. The van der Waals surface area contributed by atoms with Gasteiger partial charge in [-0.15, -0.1) is 0 Å². The van der Waals surface area contributed by atoms with E-state index in [-0.39, 0.29) is 35.5 Å². The largest absolute Gasteiger partial charge is 0.326 e. The summed E-state index contributed by atoms with van der Waals surface area (Å²) in [6.07, 6.45) is 6.16. The van der Waals surface area contributed by atoms with Gasteiger partial charge in [0.2, 0.25) is 11.8 Å². The van der Waals surface area contributed by atoms with Gasteiger partial charge in [0, 0.05) is 11.4 Å². The first-order valence-corrected chi connectivity index (χ1v) is 9.12. The van der Waals surface area contributed by atoms with Crippen molar-refractivity contribution in [2.75, 3.05) is 10.6 Å². The normalized spacial score (nSPS) is 26.3. The molecule has 0 aliphatic heterocycles. The topological polar surface area (TPSA) is 58.2 Å². The summed E-state index contributed by atoms with van der Waals surface area (Å²) in [5.74, 6) is -0.553. The molecule has 2 aromatic rings. The molecule has 3 aliphatic carbocycles. The lowest BCUT2D eigenvalue weighted by molar-refractivity contribution is -0.134. The molecule has 132 valence electrons. The molecule has 0 unspecified atom stereocenters. The second-order valence-corrected chi connectivity index (χ2v) is 7.05. The lowest BCUT2D eigenvalue weighted by Gasteiger charge is -2.43. The third kappa shape index (κ3) is 3.27. The number of fused-ring (bicyclic) bond motifs is 2. The number of allylic oxidation sites excluding steroid dienone is 2. The van der Waals surface area contributed by atoms with Crippen molar-refractivity contribution < 1.29 is 9.59 Å². The first kappa shape index (κ1) is 16.6. The summed E-state index contributed by atoms with van der Waals surface area (Å²) in [4.78, 5) is 26.0. The smallest absolute Gasteiger partial charge is 0.228 e. The van der Waals surface area contributed by atoms with Crippen LogP contribution in [0, 0.1) is 23.7 Å². The highest BCUT2D eigenvalue weighted by atomic mass is 16.2. The highest BCUT2D eigenvalue weighted by molar-refractivity contribution is 6.00. The molecule has 4 nitrogen and oxygen atoms in total. The number of amides is 2. The first-order chi connectivity index (χ1) is 12.7. The summed E-state index contributed by atoms with van der Waals surface area (Å²) in [6, 6.07) is 18.9. The van der Waals surface area contributed by atoms with Gasteiger partial charge >= 0.3 is 0 Å². The van der Waals surface area contributed by atoms with E-state index < -0.39 is 0 Å². The van der Waals surface area contributed by atoms with Crippen LogP contribution in [0.1, 0.15) is 12.8 Å². The lowest BCUT2D eigenvalue weighted by Crippen LogP contribution is -2.48.